The molecule has 18 heavy (non-hydrogen) atoms. The van der Waals surface area contributed by atoms with Gasteiger partial charge in [0.05, 0.1) is 6.54 Å². The van der Waals surface area contributed by atoms with Crippen LogP contribution in [0.5, 0.6) is 0 Å². The van der Waals surface area contributed by atoms with E-state index >= 15 is 0 Å². The summed E-state index contributed by atoms with van der Waals surface area (Å²) in [7, 11) is 1.80. The van der Waals surface area contributed by atoms with Gasteiger partial charge in [0.2, 0.25) is 0 Å². The van der Waals surface area contributed by atoms with Crippen LogP contribution in [0.4, 0.5) is 5.82 Å². The molecule has 96 valence electrons. The van der Waals surface area contributed by atoms with Crippen LogP contribution in [0.3, 0.4) is 0 Å². The highest BCUT2D eigenvalue weighted by molar-refractivity contribution is 5.30. The van der Waals surface area contributed by atoms with Crippen molar-refractivity contribution in [1.29, 1.82) is 0 Å². The van der Waals surface area contributed by atoms with E-state index in [2.05, 4.69) is 20.4 Å². The van der Waals surface area contributed by atoms with Crippen molar-refractivity contribution in [3.63, 3.8) is 0 Å². The summed E-state index contributed by atoms with van der Waals surface area (Å²) in [6.45, 7) is 3.11. The Labute approximate surface area is 105 Å². The quantitative estimate of drug-likeness (QED) is 0.828. The van der Waals surface area contributed by atoms with Crippen LogP contribution in [0.25, 0.3) is 0 Å². The molecule has 0 saturated heterocycles. The number of nitrogens with zero attached hydrogens (tertiary/aromatic N) is 5. The molecule has 0 unspecified atom stereocenters. The highest BCUT2D eigenvalue weighted by Crippen LogP contribution is 1.97. The Morgan fingerprint density at radius 3 is 2.89 bits per heavy atom. The Bertz CT molecular complexity index is 573. The van der Waals surface area contributed by atoms with Gasteiger partial charge in [0.15, 0.2) is 11.6 Å². The predicted molar refractivity (Wildman–Crippen MR) is 67.1 cm³/mol. The summed E-state index contributed by atoms with van der Waals surface area (Å²) in [6, 6.07) is 0. The highest BCUT2D eigenvalue weighted by atomic mass is 16.1. The smallest absolute Gasteiger partial charge is 0.293 e. The van der Waals surface area contributed by atoms with E-state index in [4.69, 9.17) is 0 Å². The second-order valence-electron chi connectivity index (χ2n) is 3.96. The van der Waals surface area contributed by atoms with Gasteiger partial charge in [-0.2, -0.15) is 5.10 Å². The molecule has 2 aromatic rings. The van der Waals surface area contributed by atoms with E-state index in [0.717, 1.165) is 6.42 Å². The molecule has 2 heterocycles. The van der Waals surface area contributed by atoms with E-state index < -0.39 is 0 Å². The average Bonchev–Trinajstić information content (AvgIpc) is 2.77. The predicted octanol–water partition coefficient (Wildman–Crippen LogP) is 0.394. The SMILES string of the molecule is CCCn1ccnc(NCc2ncn(C)n2)c1=O. The first-order valence-corrected chi connectivity index (χ1v) is 5.84. The number of aryl methyl sites for hydroxylation is 2. The molecule has 2 aromatic heterocycles. The molecule has 0 aliphatic rings. The van der Waals surface area contributed by atoms with Crippen LogP contribution in [-0.4, -0.2) is 24.3 Å². The molecule has 0 aliphatic heterocycles. The summed E-state index contributed by atoms with van der Waals surface area (Å²) >= 11 is 0. The van der Waals surface area contributed by atoms with Gasteiger partial charge in [-0.3, -0.25) is 9.48 Å². The summed E-state index contributed by atoms with van der Waals surface area (Å²) in [6.07, 6.45) is 5.83. The minimum atomic E-state index is -0.115. The van der Waals surface area contributed by atoms with Crippen molar-refractivity contribution in [2.24, 2.45) is 7.05 Å². The summed E-state index contributed by atoms with van der Waals surface area (Å²) in [5, 5.41) is 7.08. The monoisotopic (exact) mass is 248 g/mol. The molecule has 0 radical (unpaired) electrons. The molecule has 2 rings (SSSR count). The fourth-order valence-corrected chi connectivity index (χ4v) is 1.61. The molecule has 0 saturated carbocycles. The number of anilines is 1. The lowest BCUT2D eigenvalue weighted by Crippen LogP contribution is -2.24. The van der Waals surface area contributed by atoms with Gasteiger partial charge in [-0.1, -0.05) is 6.92 Å². The molecule has 0 aromatic carbocycles. The largest absolute Gasteiger partial charge is 0.358 e. The zero-order valence-electron chi connectivity index (χ0n) is 10.5. The first-order valence-electron chi connectivity index (χ1n) is 5.84. The summed E-state index contributed by atoms with van der Waals surface area (Å²) in [5.41, 5.74) is -0.115. The molecule has 0 amide bonds. The Kier molecular flexibility index (Phi) is 3.71. The van der Waals surface area contributed by atoms with Crippen LogP contribution in [0.1, 0.15) is 19.2 Å². The topological polar surface area (TPSA) is 77.6 Å². The van der Waals surface area contributed by atoms with Crippen molar-refractivity contribution >= 4 is 5.82 Å². The second kappa shape index (κ2) is 5.44. The molecular weight excluding hydrogens is 232 g/mol. The molecule has 7 nitrogen and oxygen atoms in total. The molecular formula is C11H16N6O. The summed E-state index contributed by atoms with van der Waals surface area (Å²) in [4.78, 5) is 20.1. The van der Waals surface area contributed by atoms with E-state index in [0.29, 0.717) is 24.7 Å². The third-order valence-corrected chi connectivity index (χ3v) is 2.44. The van der Waals surface area contributed by atoms with E-state index in [-0.39, 0.29) is 5.56 Å². The van der Waals surface area contributed by atoms with Crippen molar-refractivity contribution in [2.45, 2.75) is 26.4 Å². The van der Waals surface area contributed by atoms with Gasteiger partial charge in [-0.05, 0) is 6.42 Å². The lowest BCUT2D eigenvalue weighted by atomic mass is 10.4. The molecule has 7 heteroatoms. The van der Waals surface area contributed by atoms with E-state index in [1.807, 2.05) is 6.92 Å². The Hall–Kier alpha value is -2.18. The van der Waals surface area contributed by atoms with E-state index in [1.165, 1.54) is 0 Å². The molecule has 0 bridgehead atoms. The number of nitrogens with one attached hydrogen (secondary N) is 1. The maximum absolute atomic E-state index is 12.0. The molecule has 1 N–H and O–H groups in total. The second-order valence-corrected chi connectivity index (χ2v) is 3.96. The maximum atomic E-state index is 12.0. The number of hydrogen-bond acceptors (Lipinski definition) is 5. The van der Waals surface area contributed by atoms with Crippen molar-refractivity contribution in [3.8, 4) is 0 Å². The lowest BCUT2D eigenvalue weighted by Gasteiger charge is -2.06. The first-order chi connectivity index (χ1) is 8.70. The zero-order valence-corrected chi connectivity index (χ0v) is 10.5. The number of aromatic nitrogens is 5. The number of rotatable bonds is 5. The summed E-state index contributed by atoms with van der Waals surface area (Å²) < 4.78 is 3.26. The van der Waals surface area contributed by atoms with Gasteiger partial charge < -0.3 is 9.88 Å². The Balaban J connectivity index is 2.09. The van der Waals surface area contributed by atoms with Crippen LogP contribution >= 0.6 is 0 Å². The Morgan fingerprint density at radius 1 is 1.39 bits per heavy atom. The molecule has 0 atom stereocenters. The molecule has 0 fully saturated rings. The fourth-order valence-electron chi connectivity index (χ4n) is 1.61. The van der Waals surface area contributed by atoms with Gasteiger partial charge >= 0.3 is 0 Å². The van der Waals surface area contributed by atoms with Crippen LogP contribution in [-0.2, 0) is 20.1 Å². The van der Waals surface area contributed by atoms with Gasteiger partial charge in [0.1, 0.15) is 6.33 Å². The van der Waals surface area contributed by atoms with Gasteiger partial charge in [0, 0.05) is 26.0 Å². The van der Waals surface area contributed by atoms with E-state index in [1.54, 1.807) is 35.0 Å². The third kappa shape index (κ3) is 2.73. The first kappa shape index (κ1) is 12.3. The molecule has 0 spiro atoms. The van der Waals surface area contributed by atoms with Gasteiger partial charge in [-0.15, -0.1) is 0 Å². The van der Waals surface area contributed by atoms with E-state index in [9.17, 15) is 4.79 Å². The lowest BCUT2D eigenvalue weighted by molar-refractivity contribution is 0.649. The Morgan fingerprint density at radius 2 is 2.22 bits per heavy atom. The van der Waals surface area contributed by atoms with Crippen LogP contribution < -0.4 is 10.9 Å². The van der Waals surface area contributed by atoms with Crippen molar-refractivity contribution in [1.82, 2.24) is 24.3 Å². The van der Waals surface area contributed by atoms with Gasteiger partial charge in [0.25, 0.3) is 5.56 Å². The molecule has 0 aliphatic carbocycles. The minimum Gasteiger partial charge on any atom is -0.358 e. The van der Waals surface area contributed by atoms with Crippen LogP contribution in [0, 0.1) is 0 Å². The normalized spacial score (nSPS) is 10.6. The van der Waals surface area contributed by atoms with Gasteiger partial charge in [-0.25, -0.2) is 9.97 Å². The maximum Gasteiger partial charge on any atom is 0.293 e. The van der Waals surface area contributed by atoms with Crippen molar-refractivity contribution in [2.75, 3.05) is 5.32 Å². The zero-order chi connectivity index (χ0) is 13.0. The highest BCUT2D eigenvalue weighted by Gasteiger charge is 2.05. The minimum absolute atomic E-state index is 0.115. The summed E-state index contributed by atoms with van der Waals surface area (Å²) in [5.74, 6) is 0.961. The van der Waals surface area contributed by atoms with Crippen molar-refractivity contribution < 1.29 is 0 Å². The van der Waals surface area contributed by atoms with Crippen molar-refractivity contribution in [3.05, 3.63) is 34.9 Å². The number of hydrogen-bond donors (Lipinski definition) is 1. The van der Waals surface area contributed by atoms with Crippen LogP contribution in [0.2, 0.25) is 0 Å². The third-order valence-electron chi connectivity index (χ3n) is 2.44. The average molecular weight is 248 g/mol. The standard InChI is InChI=1S/C11H16N6O/c1-3-5-17-6-4-12-10(11(17)18)13-7-9-14-8-16(2)15-9/h4,6,8H,3,5,7H2,1-2H3,(H,12,13). The fraction of sp³-hybridized carbons (Fsp3) is 0.455. The van der Waals surface area contributed by atoms with Crippen LogP contribution in [0.15, 0.2) is 23.5 Å².